The Labute approximate surface area is 75.1 Å². The van der Waals surface area contributed by atoms with E-state index in [1.807, 2.05) is 0 Å². The van der Waals surface area contributed by atoms with Crippen molar-refractivity contribution in [1.82, 2.24) is 0 Å². The fraction of sp³-hybridized carbons (Fsp3) is 0.429. The van der Waals surface area contributed by atoms with Crippen LogP contribution in [0.4, 0.5) is 0 Å². The molecular formula is C7H8O3S2. The van der Waals surface area contributed by atoms with Crippen molar-refractivity contribution in [2.45, 2.75) is 16.6 Å². The quantitative estimate of drug-likeness (QED) is 0.692. The summed E-state index contributed by atoms with van der Waals surface area (Å²) >= 11 is 1.57. The Morgan fingerprint density at radius 1 is 1.58 bits per heavy atom. The molecule has 1 aromatic rings. The van der Waals surface area contributed by atoms with Crippen LogP contribution in [0.5, 0.6) is 0 Å². The van der Waals surface area contributed by atoms with E-state index in [1.54, 1.807) is 17.8 Å². The van der Waals surface area contributed by atoms with Crippen molar-refractivity contribution in [2.24, 2.45) is 0 Å². The normalized spacial score (nSPS) is 16.4. The van der Waals surface area contributed by atoms with Crippen LogP contribution in [-0.2, 0) is 16.3 Å². The summed E-state index contributed by atoms with van der Waals surface area (Å²) in [4.78, 5) is 0. The highest BCUT2D eigenvalue weighted by Gasteiger charge is 2.21. The standard InChI is InChI=1S/C7H8O3S2/c1-12(8,9)6-4-5-2-3-11-7(5)10-6/h4H,2-3H2,1H3. The number of furan rings is 1. The van der Waals surface area contributed by atoms with E-state index in [0.717, 1.165) is 29.1 Å². The van der Waals surface area contributed by atoms with Crippen LogP contribution in [0.1, 0.15) is 5.56 Å². The second-order valence-corrected chi connectivity index (χ2v) is 5.76. The van der Waals surface area contributed by atoms with Gasteiger partial charge >= 0.3 is 0 Å². The van der Waals surface area contributed by atoms with E-state index >= 15 is 0 Å². The predicted octanol–water partition coefficient (Wildman–Crippen LogP) is 1.33. The molecular weight excluding hydrogens is 196 g/mol. The van der Waals surface area contributed by atoms with E-state index in [0.29, 0.717) is 0 Å². The summed E-state index contributed by atoms with van der Waals surface area (Å²) in [5.74, 6) is 0.998. The van der Waals surface area contributed by atoms with Gasteiger partial charge in [0.1, 0.15) is 0 Å². The van der Waals surface area contributed by atoms with E-state index < -0.39 is 9.84 Å². The number of hydrogen-bond acceptors (Lipinski definition) is 4. The fourth-order valence-electron chi connectivity index (χ4n) is 1.12. The second kappa shape index (κ2) is 2.53. The highest BCUT2D eigenvalue weighted by molar-refractivity contribution is 7.99. The molecule has 0 atom stereocenters. The molecule has 0 radical (unpaired) electrons. The lowest BCUT2D eigenvalue weighted by Crippen LogP contribution is -1.94. The smallest absolute Gasteiger partial charge is 0.219 e. The molecule has 0 aliphatic carbocycles. The van der Waals surface area contributed by atoms with Gasteiger partial charge in [0.05, 0.1) is 0 Å². The summed E-state index contributed by atoms with van der Waals surface area (Å²) in [5.41, 5.74) is 1.03. The Morgan fingerprint density at radius 3 is 2.92 bits per heavy atom. The molecule has 0 amide bonds. The Bertz CT molecular complexity index is 381. The van der Waals surface area contributed by atoms with E-state index in [4.69, 9.17) is 4.42 Å². The topological polar surface area (TPSA) is 47.3 Å². The molecule has 1 aliphatic heterocycles. The molecule has 2 heterocycles. The van der Waals surface area contributed by atoms with Crippen LogP contribution in [0.3, 0.4) is 0 Å². The first-order chi connectivity index (χ1) is 5.57. The number of rotatable bonds is 1. The monoisotopic (exact) mass is 204 g/mol. The molecule has 0 bridgehead atoms. The molecule has 0 N–H and O–H groups in total. The minimum atomic E-state index is -3.16. The van der Waals surface area contributed by atoms with Crippen LogP contribution in [0.15, 0.2) is 20.7 Å². The molecule has 0 aromatic carbocycles. The van der Waals surface area contributed by atoms with Gasteiger partial charge in [-0.15, -0.1) is 0 Å². The first kappa shape index (κ1) is 8.19. The Kier molecular flexibility index (Phi) is 1.73. The fourth-order valence-corrected chi connectivity index (χ4v) is 2.77. The van der Waals surface area contributed by atoms with Gasteiger partial charge in [0, 0.05) is 23.6 Å². The molecule has 3 nitrogen and oxygen atoms in total. The number of sulfone groups is 1. The van der Waals surface area contributed by atoms with Crippen molar-refractivity contribution < 1.29 is 12.8 Å². The van der Waals surface area contributed by atoms with Crippen LogP contribution in [0, 0.1) is 0 Å². The molecule has 0 unspecified atom stereocenters. The molecule has 0 spiro atoms. The van der Waals surface area contributed by atoms with Crippen molar-refractivity contribution in [3.8, 4) is 0 Å². The third kappa shape index (κ3) is 1.27. The molecule has 1 aromatic heterocycles. The highest BCUT2D eigenvalue weighted by atomic mass is 32.2. The van der Waals surface area contributed by atoms with Crippen LogP contribution in [0.2, 0.25) is 0 Å². The van der Waals surface area contributed by atoms with Crippen LogP contribution in [0.25, 0.3) is 0 Å². The zero-order chi connectivity index (χ0) is 8.77. The number of aryl methyl sites for hydroxylation is 1. The van der Waals surface area contributed by atoms with Gasteiger partial charge in [0.15, 0.2) is 5.09 Å². The number of thioether (sulfide) groups is 1. The van der Waals surface area contributed by atoms with Crippen LogP contribution in [-0.4, -0.2) is 20.4 Å². The lowest BCUT2D eigenvalue weighted by atomic mass is 10.3. The minimum absolute atomic E-state index is 0.0969. The van der Waals surface area contributed by atoms with Gasteiger partial charge < -0.3 is 4.42 Å². The van der Waals surface area contributed by atoms with Gasteiger partial charge in [-0.25, -0.2) is 8.42 Å². The maximum absolute atomic E-state index is 11.0. The highest BCUT2D eigenvalue weighted by Crippen LogP contribution is 2.35. The van der Waals surface area contributed by atoms with Crippen LogP contribution >= 0.6 is 11.8 Å². The van der Waals surface area contributed by atoms with E-state index in [1.165, 1.54) is 0 Å². The summed E-state index contributed by atoms with van der Waals surface area (Å²) < 4.78 is 27.2. The van der Waals surface area contributed by atoms with Crippen molar-refractivity contribution in [2.75, 3.05) is 12.0 Å². The van der Waals surface area contributed by atoms with E-state index in [-0.39, 0.29) is 5.09 Å². The van der Waals surface area contributed by atoms with E-state index in [9.17, 15) is 8.42 Å². The molecule has 5 heteroatoms. The zero-order valence-corrected chi connectivity index (χ0v) is 8.17. The predicted molar refractivity (Wildman–Crippen MR) is 46.2 cm³/mol. The van der Waals surface area contributed by atoms with Crippen LogP contribution < -0.4 is 0 Å². The van der Waals surface area contributed by atoms with E-state index in [2.05, 4.69) is 0 Å². The average molecular weight is 204 g/mol. The van der Waals surface area contributed by atoms with Gasteiger partial charge in [0.25, 0.3) is 0 Å². The lowest BCUT2D eigenvalue weighted by Gasteiger charge is -1.90. The average Bonchev–Trinajstić information content (AvgIpc) is 2.37. The van der Waals surface area contributed by atoms with Crippen molar-refractivity contribution >= 4 is 21.6 Å². The molecule has 12 heavy (non-hydrogen) atoms. The van der Waals surface area contributed by atoms with Gasteiger partial charge in [0.2, 0.25) is 14.9 Å². The molecule has 66 valence electrons. The molecule has 0 fully saturated rings. The Morgan fingerprint density at radius 2 is 2.33 bits per heavy atom. The molecule has 1 aliphatic rings. The maximum Gasteiger partial charge on any atom is 0.219 e. The number of fused-ring (bicyclic) bond motifs is 1. The van der Waals surface area contributed by atoms with Crippen molar-refractivity contribution in [3.05, 3.63) is 11.6 Å². The summed E-state index contributed by atoms with van der Waals surface area (Å²) in [5, 5.41) is 0.870. The van der Waals surface area contributed by atoms with Gasteiger partial charge in [-0.05, 0) is 6.42 Å². The van der Waals surface area contributed by atoms with Crippen molar-refractivity contribution in [1.29, 1.82) is 0 Å². The maximum atomic E-state index is 11.0. The van der Waals surface area contributed by atoms with Gasteiger partial charge in [-0.3, -0.25) is 0 Å². The third-order valence-corrected chi connectivity index (χ3v) is 3.67. The summed E-state index contributed by atoms with van der Waals surface area (Å²) in [6, 6.07) is 1.63. The first-order valence-electron chi connectivity index (χ1n) is 3.53. The zero-order valence-electron chi connectivity index (χ0n) is 6.53. The Hall–Kier alpha value is -0.420. The molecule has 0 saturated heterocycles. The third-order valence-electron chi connectivity index (χ3n) is 1.72. The molecule has 2 rings (SSSR count). The minimum Gasteiger partial charge on any atom is -0.438 e. The van der Waals surface area contributed by atoms with Crippen molar-refractivity contribution in [3.63, 3.8) is 0 Å². The Balaban J connectivity index is 2.51. The lowest BCUT2D eigenvalue weighted by molar-refractivity contribution is 0.383. The SMILES string of the molecule is CS(=O)(=O)c1cc2c(o1)SCC2. The summed E-state index contributed by atoms with van der Waals surface area (Å²) in [7, 11) is -3.16. The van der Waals surface area contributed by atoms with Gasteiger partial charge in [-0.2, -0.15) is 0 Å². The van der Waals surface area contributed by atoms with Gasteiger partial charge in [-0.1, -0.05) is 11.8 Å². The summed E-state index contributed by atoms with van der Waals surface area (Å²) in [6.07, 6.45) is 2.07. The molecule has 0 saturated carbocycles. The second-order valence-electron chi connectivity index (χ2n) is 2.75. The summed E-state index contributed by atoms with van der Waals surface area (Å²) in [6.45, 7) is 0. The number of hydrogen-bond donors (Lipinski definition) is 0. The first-order valence-corrected chi connectivity index (χ1v) is 6.40. The largest absolute Gasteiger partial charge is 0.438 e.